The third-order valence-electron chi connectivity index (χ3n) is 7.07. The van der Waals surface area contributed by atoms with Crippen LogP contribution in [0.25, 0.3) is 5.65 Å². The van der Waals surface area contributed by atoms with Crippen LogP contribution in [0.5, 0.6) is 0 Å². The number of carbonyl (C=O) groups excluding carboxylic acids is 1. The number of amides is 1. The molecule has 3 aliphatic rings. The maximum absolute atomic E-state index is 12.4. The first-order valence-corrected chi connectivity index (χ1v) is 11.7. The minimum atomic E-state index is 0.0989. The molecule has 162 valence electrons. The van der Waals surface area contributed by atoms with Crippen molar-refractivity contribution in [3.8, 4) is 0 Å². The van der Waals surface area contributed by atoms with Gasteiger partial charge in [0, 0.05) is 45.1 Å². The molecule has 1 amide bonds. The number of hydrogen-bond acceptors (Lipinski definition) is 6. The van der Waals surface area contributed by atoms with Crippen LogP contribution in [-0.4, -0.2) is 69.4 Å². The Morgan fingerprint density at radius 1 is 1.03 bits per heavy atom. The van der Waals surface area contributed by atoms with Gasteiger partial charge in [-0.25, -0.2) is 0 Å². The minimum absolute atomic E-state index is 0.0989. The molecule has 3 fully saturated rings. The second kappa shape index (κ2) is 8.88. The highest BCUT2D eigenvalue weighted by Gasteiger charge is 2.29. The van der Waals surface area contributed by atoms with Gasteiger partial charge in [0.25, 0.3) is 0 Å². The van der Waals surface area contributed by atoms with Crippen LogP contribution in [0.15, 0.2) is 12.1 Å². The predicted molar refractivity (Wildman–Crippen MR) is 115 cm³/mol. The van der Waals surface area contributed by atoms with Gasteiger partial charge in [0.15, 0.2) is 11.5 Å². The average molecular weight is 412 g/mol. The Morgan fingerprint density at radius 3 is 2.70 bits per heavy atom. The van der Waals surface area contributed by atoms with Crippen molar-refractivity contribution in [2.45, 2.75) is 63.8 Å². The summed E-state index contributed by atoms with van der Waals surface area (Å²) >= 11 is 0. The van der Waals surface area contributed by atoms with Crippen molar-refractivity contribution in [1.29, 1.82) is 0 Å². The number of carbonyl (C=O) groups is 1. The van der Waals surface area contributed by atoms with E-state index in [9.17, 15) is 4.79 Å². The molecule has 2 aromatic heterocycles. The van der Waals surface area contributed by atoms with Gasteiger partial charge in [-0.15, -0.1) is 15.3 Å². The van der Waals surface area contributed by atoms with Crippen LogP contribution < -0.4 is 10.2 Å². The van der Waals surface area contributed by atoms with E-state index in [-0.39, 0.29) is 5.91 Å². The van der Waals surface area contributed by atoms with Gasteiger partial charge < -0.3 is 15.1 Å². The summed E-state index contributed by atoms with van der Waals surface area (Å²) in [5, 5.41) is 16.4. The summed E-state index contributed by atoms with van der Waals surface area (Å²) in [7, 11) is 0. The fraction of sp³-hybridized carbons (Fsp3) is 0.727. The van der Waals surface area contributed by atoms with E-state index in [4.69, 9.17) is 5.10 Å². The number of aryl methyl sites for hydroxylation is 1. The highest BCUT2D eigenvalue weighted by Crippen LogP contribution is 2.28. The van der Waals surface area contributed by atoms with E-state index < -0.39 is 0 Å². The minimum Gasteiger partial charge on any atom is -0.356 e. The quantitative estimate of drug-likeness (QED) is 0.751. The van der Waals surface area contributed by atoms with Crippen LogP contribution in [-0.2, 0) is 11.2 Å². The molecule has 4 heterocycles. The van der Waals surface area contributed by atoms with Crippen LogP contribution in [0, 0.1) is 5.92 Å². The molecule has 30 heavy (non-hydrogen) atoms. The number of likely N-dealkylation sites (tertiary alicyclic amines) is 1. The number of rotatable bonds is 7. The van der Waals surface area contributed by atoms with Gasteiger partial charge >= 0.3 is 0 Å². The largest absolute Gasteiger partial charge is 0.356 e. The summed E-state index contributed by atoms with van der Waals surface area (Å²) < 4.78 is 1.80. The molecule has 1 N–H and O–H groups in total. The zero-order valence-electron chi connectivity index (χ0n) is 17.8. The lowest BCUT2D eigenvalue weighted by atomic mass is 10.1. The zero-order valence-corrected chi connectivity index (χ0v) is 17.8. The number of hydrogen-bond donors (Lipinski definition) is 1. The van der Waals surface area contributed by atoms with E-state index in [1.165, 1.54) is 51.5 Å². The van der Waals surface area contributed by atoms with Crippen molar-refractivity contribution in [2.24, 2.45) is 5.92 Å². The zero-order chi connectivity index (χ0) is 20.3. The summed E-state index contributed by atoms with van der Waals surface area (Å²) in [6, 6.07) is 4.78. The van der Waals surface area contributed by atoms with E-state index in [0.717, 1.165) is 49.5 Å². The van der Waals surface area contributed by atoms with Gasteiger partial charge in [-0.2, -0.15) is 4.52 Å². The van der Waals surface area contributed by atoms with Gasteiger partial charge in [-0.3, -0.25) is 4.79 Å². The summed E-state index contributed by atoms with van der Waals surface area (Å²) in [6.45, 7) is 5.24. The molecule has 1 saturated carbocycles. The molecule has 2 aliphatic heterocycles. The van der Waals surface area contributed by atoms with E-state index in [1.54, 1.807) is 4.52 Å². The normalized spacial score (nSPS) is 23.1. The number of nitrogens with one attached hydrogen (secondary N) is 1. The highest BCUT2D eigenvalue weighted by atomic mass is 16.1. The highest BCUT2D eigenvalue weighted by molar-refractivity contribution is 5.76. The van der Waals surface area contributed by atoms with E-state index in [1.807, 2.05) is 12.1 Å². The molecule has 0 radical (unpaired) electrons. The summed E-state index contributed by atoms with van der Waals surface area (Å²) in [5.74, 6) is 2.42. The van der Waals surface area contributed by atoms with Crippen LogP contribution >= 0.6 is 0 Å². The van der Waals surface area contributed by atoms with Crippen molar-refractivity contribution in [3.05, 3.63) is 18.0 Å². The van der Waals surface area contributed by atoms with Crippen LogP contribution in [0.4, 0.5) is 5.82 Å². The molecule has 2 aromatic rings. The molecule has 0 aromatic carbocycles. The predicted octanol–water partition coefficient (Wildman–Crippen LogP) is 2.04. The number of aromatic nitrogens is 4. The number of anilines is 1. The summed E-state index contributed by atoms with van der Waals surface area (Å²) in [6.07, 6.45) is 10.1. The van der Waals surface area contributed by atoms with Crippen LogP contribution in [0.3, 0.4) is 0 Å². The van der Waals surface area contributed by atoms with Gasteiger partial charge in [0.1, 0.15) is 5.82 Å². The SMILES string of the molecule is O=C(CCc1nnc2ccc(N3CCCC3)nn12)NCC1CCN(C2CCCC2)C1. The molecule has 1 atom stereocenters. The third kappa shape index (κ3) is 4.29. The maximum atomic E-state index is 12.4. The van der Waals surface area contributed by atoms with Crippen LogP contribution in [0.1, 0.15) is 57.2 Å². The maximum Gasteiger partial charge on any atom is 0.220 e. The van der Waals surface area contributed by atoms with Gasteiger partial charge in [-0.05, 0) is 56.7 Å². The van der Waals surface area contributed by atoms with E-state index >= 15 is 0 Å². The van der Waals surface area contributed by atoms with Crippen molar-refractivity contribution in [2.75, 3.05) is 37.6 Å². The summed E-state index contributed by atoms with van der Waals surface area (Å²) in [5.41, 5.74) is 0.742. The summed E-state index contributed by atoms with van der Waals surface area (Å²) in [4.78, 5) is 17.4. The lowest BCUT2D eigenvalue weighted by molar-refractivity contribution is -0.121. The van der Waals surface area contributed by atoms with Crippen molar-refractivity contribution < 1.29 is 4.79 Å². The second-order valence-electron chi connectivity index (χ2n) is 9.16. The number of fused-ring (bicyclic) bond motifs is 1. The van der Waals surface area contributed by atoms with Crippen molar-refractivity contribution in [3.63, 3.8) is 0 Å². The van der Waals surface area contributed by atoms with Crippen LogP contribution in [0.2, 0.25) is 0 Å². The standard InChI is InChI=1S/C22H33N7O/c30-22(23-15-17-11-14-28(16-17)18-5-1-2-6-18)10-9-20-25-24-19-7-8-21(26-29(19)20)27-12-3-4-13-27/h7-8,17-18H,1-6,9-16H2,(H,23,30). The molecular weight excluding hydrogens is 378 g/mol. The van der Waals surface area contributed by atoms with Gasteiger partial charge in [-0.1, -0.05) is 12.8 Å². The topological polar surface area (TPSA) is 78.7 Å². The molecule has 1 unspecified atom stereocenters. The second-order valence-corrected chi connectivity index (χ2v) is 9.16. The lowest BCUT2D eigenvalue weighted by Gasteiger charge is -2.23. The molecule has 8 nitrogen and oxygen atoms in total. The Morgan fingerprint density at radius 2 is 1.87 bits per heavy atom. The Hall–Kier alpha value is -2.22. The molecule has 5 rings (SSSR count). The molecule has 1 aliphatic carbocycles. The third-order valence-corrected chi connectivity index (χ3v) is 7.07. The monoisotopic (exact) mass is 411 g/mol. The Bertz CT molecular complexity index is 869. The Labute approximate surface area is 178 Å². The number of nitrogens with zero attached hydrogens (tertiary/aromatic N) is 6. The van der Waals surface area contributed by atoms with E-state index in [2.05, 4.69) is 25.3 Å². The van der Waals surface area contributed by atoms with E-state index in [0.29, 0.717) is 18.8 Å². The van der Waals surface area contributed by atoms with Crippen molar-refractivity contribution >= 4 is 17.4 Å². The molecule has 2 saturated heterocycles. The molecule has 0 bridgehead atoms. The van der Waals surface area contributed by atoms with Gasteiger partial charge in [0.2, 0.25) is 5.91 Å². The molecular formula is C22H33N7O. The first-order valence-electron chi connectivity index (χ1n) is 11.7. The smallest absolute Gasteiger partial charge is 0.220 e. The molecule has 0 spiro atoms. The fourth-order valence-electron chi connectivity index (χ4n) is 5.30. The lowest BCUT2D eigenvalue weighted by Crippen LogP contribution is -2.34. The Kier molecular flexibility index (Phi) is 5.84. The van der Waals surface area contributed by atoms with Gasteiger partial charge in [0.05, 0.1) is 0 Å². The average Bonchev–Trinajstić information content (AvgIpc) is 3.56. The first-order chi connectivity index (χ1) is 14.8. The first kappa shape index (κ1) is 19.7. The Balaban J connectivity index is 1.11. The molecule has 8 heteroatoms. The van der Waals surface area contributed by atoms with Crippen molar-refractivity contribution in [1.82, 2.24) is 30.0 Å². The fourth-order valence-corrected chi connectivity index (χ4v) is 5.30.